The van der Waals surface area contributed by atoms with Gasteiger partial charge in [-0.15, -0.1) is 0 Å². The number of aryl methyl sites for hydroxylation is 1. The second-order valence-electron chi connectivity index (χ2n) is 7.46. The van der Waals surface area contributed by atoms with Crippen molar-refractivity contribution >= 4 is 16.9 Å². The molecule has 1 aromatic carbocycles. The van der Waals surface area contributed by atoms with Crippen LogP contribution in [0.25, 0.3) is 11.0 Å². The molecule has 5 heteroatoms. The molecule has 1 aliphatic rings. The number of carbonyl (C=O) groups excluding carboxylic acids is 1. The van der Waals surface area contributed by atoms with E-state index in [1.54, 1.807) is 13.2 Å². The van der Waals surface area contributed by atoms with Gasteiger partial charge in [-0.2, -0.15) is 0 Å². The van der Waals surface area contributed by atoms with Crippen molar-refractivity contribution in [2.75, 3.05) is 7.11 Å². The third kappa shape index (κ3) is 4.90. The van der Waals surface area contributed by atoms with Crippen molar-refractivity contribution in [3.63, 3.8) is 0 Å². The first-order valence-corrected chi connectivity index (χ1v) is 9.98. The summed E-state index contributed by atoms with van der Waals surface area (Å²) in [5.41, 5.74) is 1.61. The van der Waals surface area contributed by atoms with E-state index in [1.807, 2.05) is 19.1 Å². The van der Waals surface area contributed by atoms with E-state index in [0.29, 0.717) is 29.7 Å². The number of rotatable bonds is 5. The molecule has 2 aromatic rings. The first kappa shape index (κ1) is 19.5. The normalized spacial score (nSPS) is 15.9. The molecule has 1 saturated carbocycles. The van der Waals surface area contributed by atoms with Crippen molar-refractivity contribution in [3.05, 3.63) is 39.7 Å². The van der Waals surface area contributed by atoms with Gasteiger partial charge in [-0.3, -0.25) is 4.79 Å². The highest BCUT2D eigenvalue weighted by Gasteiger charge is 2.16. The number of methoxy groups -OCH3 is 1. The summed E-state index contributed by atoms with van der Waals surface area (Å²) >= 11 is 0. The Labute approximate surface area is 160 Å². The topological polar surface area (TPSA) is 68.5 Å². The number of amides is 1. The molecule has 3 rings (SSSR count). The minimum atomic E-state index is -0.369. The monoisotopic (exact) mass is 371 g/mol. The van der Waals surface area contributed by atoms with Gasteiger partial charge in [0, 0.05) is 29.5 Å². The lowest BCUT2D eigenvalue weighted by Gasteiger charge is -2.21. The van der Waals surface area contributed by atoms with Gasteiger partial charge in [0.15, 0.2) is 0 Å². The van der Waals surface area contributed by atoms with Gasteiger partial charge in [-0.1, -0.05) is 32.1 Å². The lowest BCUT2D eigenvalue weighted by molar-refractivity contribution is -0.121. The maximum absolute atomic E-state index is 12.4. The summed E-state index contributed by atoms with van der Waals surface area (Å²) < 4.78 is 10.6. The van der Waals surface area contributed by atoms with Crippen LogP contribution in [-0.2, 0) is 11.2 Å². The Balaban J connectivity index is 1.67. The predicted molar refractivity (Wildman–Crippen MR) is 106 cm³/mol. The first-order valence-electron chi connectivity index (χ1n) is 9.98. The summed E-state index contributed by atoms with van der Waals surface area (Å²) in [4.78, 5) is 24.8. The Morgan fingerprint density at radius 1 is 1.19 bits per heavy atom. The van der Waals surface area contributed by atoms with Crippen LogP contribution in [0.2, 0.25) is 0 Å². The first-order chi connectivity index (χ1) is 13.1. The summed E-state index contributed by atoms with van der Waals surface area (Å²) in [6.07, 6.45) is 9.02. The molecule has 0 aliphatic heterocycles. The van der Waals surface area contributed by atoms with E-state index >= 15 is 0 Å². The van der Waals surface area contributed by atoms with E-state index in [-0.39, 0.29) is 17.6 Å². The minimum absolute atomic E-state index is 0.0224. The van der Waals surface area contributed by atoms with E-state index in [0.717, 1.165) is 23.8 Å². The molecule has 1 aromatic heterocycles. The summed E-state index contributed by atoms with van der Waals surface area (Å²) in [6, 6.07) is 5.74. The molecule has 0 spiro atoms. The number of hydrogen-bond donors (Lipinski definition) is 1. The van der Waals surface area contributed by atoms with Crippen molar-refractivity contribution in [1.82, 2.24) is 5.32 Å². The van der Waals surface area contributed by atoms with Crippen LogP contribution in [0.1, 0.15) is 62.5 Å². The van der Waals surface area contributed by atoms with Crippen molar-refractivity contribution in [2.45, 2.75) is 70.8 Å². The maximum Gasteiger partial charge on any atom is 0.339 e. The molecule has 0 radical (unpaired) electrons. The van der Waals surface area contributed by atoms with Crippen LogP contribution in [0, 0.1) is 6.92 Å². The fourth-order valence-corrected chi connectivity index (χ4v) is 3.93. The molecule has 0 unspecified atom stereocenters. The van der Waals surface area contributed by atoms with Gasteiger partial charge in [-0.05, 0) is 43.9 Å². The molecule has 0 atom stereocenters. The Kier molecular flexibility index (Phi) is 6.54. The summed E-state index contributed by atoms with van der Waals surface area (Å²) in [5, 5.41) is 4.04. The van der Waals surface area contributed by atoms with Gasteiger partial charge in [0.25, 0.3) is 0 Å². The highest BCUT2D eigenvalue weighted by Crippen LogP contribution is 2.24. The Morgan fingerprint density at radius 3 is 2.59 bits per heavy atom. The van der Waals surface area contributed by atoms with Crippen LogP contribution in [0.15, 0.2) is 27.4 Å². The smallest absolute Gasteiger partial charge is 0.339 e. The van der Waals surface area contributed by atoms with Crippen LogP contribution in [0.4, 0.5) is 0 Å². The van der Waals surface area contributed by atoms with E-state index < -0.39 is 0 Å². The van der Waals surface area contributed by atoms with Crippen LogP contribution < -0.4 is 15.7 Å². The molecule has 1 amide bonds. The van der Waals surface area contributed by atoms with E-state index in [4.69, 9.17) is 9.15 Å². The fraction of sp³-hybridized carbons (Fsp3) is 0.545. The zero-order valence-corrected chi connectivity index (χ0v) is 16.3. The fourth-order valence-electron chi connectivity index (χ4n) is 3.93. The predicted octanol–water partition coefficient (Wildman–Crippen LogP) is 4.27. The molecular weight excluding hydrogens is 342 g/mol. The van der Waals surface area contributed by atoms with Crippen LogP contribution >= 0.6 is 0 Å². The van der Waals surface area contributed by atoms with Gasteiger partial charge < -0.3 is 14.5 Å². The molecular formula is C22H29NO4. The SMILES string of the molecule is COc1ccc2c(C)c(CCC(=O)NC3CCCCCCC3)c(=O)oc2c1. The number of nitrogens with one attached hydrogen (secondary N) is 1. The van der Waals surface area contributed by atoms with Crippen LogP contribution in [0.3, 0.4) is 0 Å². The van der Waals surface area contributed by atoms with Crippen LogP contribution in [-0.4, -0.2) is 19.1 Å². The molecule has 5 nitrogen and oxygen atoms in total. The standard InChI is InChI=1S/C22H29NO4/c1-15-18-11-10-17(26-2)14-20(18)27-22(25)19(15)12-13-21(24)23-16-8-6-4-3-5-7-9-16/h10-11,14,16H,3-9,12-13H2,1-2H3,(H,23,24). The van der Waals surface area contributed by atoms with E-state index in [9.17, 15) is 9.59 Å². The molecule has 27 heavy (non-hydrogen) atoms. The third-order valence-corrected chi connectivity index (χ3v) is 5.57. The molecule has 0 saturated heterocycles. The quantitative estimate of drug-likeness (QED) is 0.797. The number of carbonyl (C=O) groups is 1. The van der Waals surface area contributed by atoms with E-state index in [1.165, 1.54) is 32.1 Å². The summed E-state index contributed by atoms with van der Waals surface area (Å²) in [7, 11) is 1.58. The van der Waals surface area contributed by atoms with Gasteiger partial charge in [-0.25, -0.2) is 4.79 Å². The second kappa shape index (κ2) is 9.07. The molecule has 0 bridgehead atoms. The number of hydrogen-bond acceptors (Lipinski definition) is 4. The third-order valence-electron chi connectivity index (χ3n) is 5.57. The highest BCUT2D eigenvalue weighted by molar-refractivity contribution is 5.82. The van der Waals surface area contributed by atoms with Crippen molar-refractivity contribution < 1.29 is 13.9 Å². The van der Waals surface area contributed by atoms with Crippen molar-refractivity contribution in [1.29, 1.82) is 0 Å². The van der Waals surface area contributed by atoms with Gasteiger partial charge in [0.2, 0.25) is 5.91 Å². The zero-order valence-electron chi connectivity index (χ0n) is 16.3. The average molecular weight is 371 g/mol. The van der Waals surface area contributed by atoms with Gasteiger partial charge >= 0.3 is 5.63 Å². The maximum atomic E-state index is 12.4. The Morgan fingerprint density at radius 2 is 1.89 bits per heavy atom. The Bertz CT molecular complexity index is 847. The summed E-state index contributed by atoms with van der Waals surface area (Å²) in [5.74, 6) is 0.672. The lowest BCUT2D eigenvalue weighted by Crippen LogP contribution is -2.35. The zero-order chi connectivity index (χ0) is 19.2. The van der Waals surface area contributed by atoms with E-state index in [2.05, 4.69) is 5.32 Å². The number of ether oxygens (including phenoxy) is 1. The highest BCUT2D eigenvalue weighted by atomic mass is 16.5. The molecule has 1 fully saturated rings. The molecule has 1 N–H and O–H groups in total. The lowest BCUT2D eigenvalue weighted by atomic mass is 9.96. The molecule has 146 valence electrons. The largest absolute Gasteiger partial charge is 0.497 e. The molecule has 1 heterocycles. The summed E-state index contributed by atoms with van der Waals surface area (Å²) in [6.45, 7) is 1.91. The average Bonchev–Trinajstić information content (AvgIpc) is 2.63. The van der Waals surface area contributed by atoms with Crippen molar-refractivity contribution in [2.24, 2.45) is 0 Å². The second-order valence-corrected chi connectivity index (χ2v) is 7.46. The molecule has 1 aliphatic carbocycles. The van der Waals surface area contributed by atoms with Crippen LogP contribution in [0.5, 0.6) is 5.75 Å². The van der Waals surface area contributed by atoms with Crippen molar-refractivity contribution in [3.8, 4) is 5.75 Å². The number of fused-ring (bicyclic) bond motifs is 1. The minimum Gasteiger partial charge on any atom is -0.497 e. The van der Waals surface area contributed by atoms with Gasteiger partial charge in [0.05, 0.1) is 7.11 Å². The number of benzene rings is 1. The Hall–Kier alpha value is -2.30. The van der Waals surface area contributed by atoms with Gasteiger partial charge in [0.1, 0.15) is 11.3 Å².